The monoisotopic (exact) mass is 231 g/mol. The van der Waals surface area contributed by atoms with Gasteiger partial charge in [0.15, 0.2) is 0 Å². The van der Waals surface area contributed by atoms with E-state index in [1.54, 1.807) is 11.8 Å². The van der Waals surface area contributed by atoms with Gasteiger partial charge in [0, 0.05) is 0 Å². The summed E-state index contributed by atoms with van der Waals surface area (Å²) in [5.41, 5.74) is 0. The molecule has 2 atom stereocenters. The summed E-state index contributed by atoms with van der Waals surface area (Å²) in [6.45, 7) is 4.05. The van der Waals surface area contributed by atoms with Crippen LogP contribution in [0.1, 0.15) is 33.1 Å². The highest BCUT2D eigenvalue weighted by atomic mass is 32.2. The molecule has 0 aromatic heterocycles. The van der Waals surface area contributed by atoms with Crippen LogP contribution in [0.5, 0.6) is 0 Å². The minimum atomic E-state index is -0.0972. The SMILES string of the molecule is CC(C)C(CO)NC(=O)C1CCCCS1. The lowest BCUT2D eigenvalue weighted by Crippen LogP contribution is -2.45. The van der Waals surface area contributed by atoms with Gasteiger partial charge in [-0.2, -0.15) is 0 Å². The third kappa shape index (κ3) is 4.03. The van der Waals surface area contributed by atoms with E-state index in [4.69, 9.17) is 5.11 Å². The van der Waals surface area contributed by atoms with Gasteiger partial charge in [0.05, 0.1) is 17.9 Å². The fourth-order valence-electron chi connectivity index (χ4n) is 1.65. The van der Waals surface area contributed by atoms with Crippen LogP contribution in [0.15, 0.2) is 0 Å². The highest BCUT2D eigenvalue weighted by Gasteiger charge is 2.24. The highest BCUT2D eigenvalue weighted by molar-refractivity contribution is 8.00. The third-order valence-electron chi connectivity index (χ3n) is 2.80. The van der Waals surface area contributed by atoms with E-state index in [-0.39, 0.29) is 29.7 Å². The highest BCUT2D eigenvalue weighted by Crippen LogP contribution is 2.25. The van der Waals surface area contributed by atoms with Crippen molar-refractivity contribution in [2.45, 2.75) is 44.4 Å². The second kappa shape index (κ2) is 6.38. The molecule has 0 bridgehead atoms. The van der Waals surface area contributed by atoms with Crippen molar-refractivity contribution in [3.63, 3.8) is 0 Å². The first-order valence-corrected chi connectivity index (χ1v) is 6.73. The Bertz CT molecular complexity index is 203. The quantitative estimate of drug-likeness (QED) is 0.769. The molecule has 3 nitrogen and oxygen atoms in total. The summed E-state index contributed by atoms with van der Waals surface area (Å²) in [6, 6.07) is -0.0972. The summed E-state index contributed by atoms with van der Waals surface area (Å²) in [5.74, 6) is 1.48. The Kier molecular flexibility index (Phi) is 5.47. The first-order valence-electron chi connectivity index (χ1n) is 5.68. The second-order valence-corrected chi connectivity index (χ2v) is 5.71. The summed E-state index contributed by atoms with van der Waals surface area (Å²) in [5, 5.41) is 12.2. The Labute approximate surface area is 96.0 Å². The Hall–Kier alpha value is -0.220. The van der Waals surface area contributed by atoms with Gasteiger partial charge >= 0.3 is 0 Å². The van der Waals surface area contributed by atoms with Crippen molar-refractivity contribution in [3.8, 4) is 0 Å². The Balaban J connectivity index is 2.38. The summed E-state index contributed by atoms with van der Waals surface area (Å²) >= 11 is 1.74. The van der Waals surface area contributed by atoms with Gasteiger partial charge in [-0.05, 0) is 24.5 Å². The van der Waals surface area contributed by atoms with Gasteiger partial charge in [-0.25, -0.2) is 0 Å². The van der Waals surface area contributed by atoms with Gasteiger partial charge < -0.3 is 10.4 Å². The predicted octanol–water partition coefficient (Wildman–Crippen LogP) is 1.41. The van der Waals surface area contributed by atoms with Crippen LogP contribution >= 0.6 is 11.8 Å². The normalized spacial score (nSPS) is 23.9. The average Bonchev–Trinajstić information content (AvgIpc) is 2.26. The molecule has 0 spiro atoms. The van der Waals surface area contributed by atoms with Crippen molar-refractivity contribution < 1.29 is 9.90 Å². The van der Waals surface area contributed by atoms with Crippen LogP contribution in [0.4, 0.5) is 0 Å². The Morgan fingerprint density at radius 1 is 1.53 bits per heavy atom. The van der Waals surface area contributed by atoms with Gasteiger partial charge in [-0.15, -0.1) is 11.8 Å². The van der Waals surface area contributed by atoms with Crippen LogP contribution in [0, 0.1) is 5.92 Å². The Morgan fingerprint density at radius 2 is 2.27 bits per heavy atom. The molecular weight excluding hydrogens is 210 g/mol. The fraction of sp³-hybridized carbons (Fsp3) is 0.909. The standard InChI is InChI=1S/C11H21NO2S/c1-8(2)9(7-13)12-11(14)10-5-3-4-6-15-10/h8-10,13H,3-7H2,1-2H3,(H,12,14). The van der Waals surface area contributed by atoms with Gasteiger partial charge in [0.25, 0.3) is 0 Å². The molecule has 2 unspecified atom stereocenters. The van der Waals surface area contributed by atoms with Crippen molar-refractivity contribution in [2.24, 2.45) is 5.92 Å². The number of aliphatic hydroxyl groups excluding tert-OH is 1. The van der Waals surface area contributed by atoms with Crippen molar-refractivity contribution in [2.75, 3.05) is 12.4 Å². The minimum Gasteiger partial charge on any atom is -0.394 e. The van der Waals surface area contributed by atoms with Gasteiger partial charge in [0.2, 0.25) is 5.91 Å². The number of hydrogen-bond acceptors (Lipinski definition) is 3. The van der Waals surface area contributed by atoms with Crippen molar-refractivity contribution in [3.05, 3.63) is 0 Å². The molecule has 2 N–H and O–H groups in total. The van der Waals surface area contributed by atoms with Gasteiger partial charge in [0.1, 0.15) is 0 Å². The molecule has 88 valence electrons. The molecule has 1 aliphatic heterocycles. The lowest BCUT2D eigenvalue weighted by molar-refractivity contribution is -0.122. The zero-order chi connectivity index (χ0) is 11.3. The maximum atomic E-state index is 11.8. The first-order chi connectivity index (χ1) is 7.15. The molecule has 1 aliphatic rings. The van der Waals surface area contributed by atoms with Gasteiger partial charge in [-0.1, -0.05) is 20.3 Å². The topological polar surface area (TPSA) is 49.3 Å². The van der Waals surface area contributed by atoms with Crippen molar-refractivity contribution in [1.82, 2.24) is 5.32 Å². The van der Waals surface area contributed by atoms with E-state index in [0.29, 0.717) is 0 Å². The van der Waals surface area contributed by atoms with E-state index in [2.05, 4.69) is 5.32 Å². The molecule has 1 amide bonds. The number of carbonyl (C=O) groups is 1. The molecule has 1 rings (SSSR count). The largest absolute Gasteiger partial charge is 0.394 e. The van der Waals surface area contributed by atoms with E-state index in [1.807, 2.05) is 13.8 Å². The zero-order valence-electron chi connectivity index (χ0n) is 9.53. The second-order valence-electron chi connectivity index (χ2n) is 4.40. The number of carbonyl (C=O) groups excluding carboxylic acids is 1. The molecule has 1 fully saturated rings. The van der Waals surface area contributed by atoms with E-state index in [1.165, 1.54) is 6.42 Å². The van der Waals surface area contributed by atoms with Crippen molar-refractivity contribution in [1.29, 1.82) is 0 Å². The van der Waals surface area contributed by atoms with Crippen LogP contribution in [-0.4, -0.2) is 34.7 Å². The number of rotatable bonds is 4. The molecule has 1 heterocycles. The number of nitrogens with one attached hydrogen (secondary N) is 1. The smallest absolute Gasteiger partial charge is 0.233 e. The third-order valence-corrected chi connectivity index (χ3v) is 4.18. The minimum absolute atomic E-state index is 0.0286. The van der Waals surface area contributed by atoms with Crippen LogP contribution in [0.3, 0.4) is 0 Å². The van der Waals surface area contributed by atoms with E-state index >= 15 is 0 Å². The van der Waals surface area contributed by atoms with E-state index in [0.717, 1.165) is 18.6 Å². The first kappa shape index (κ1) is 12.8. The molecular formula is C11H21NO2S. The molecule has 0 aromatic rings. The molecule has 4 heteroatoms. The lowest BCUT2D eigenvalue weighted by Gasteiger charge is -2.25. The number of hydrogen-bond donors (Lipinski definition) is 2. The van der Waals surface area contributed by atoms with Crippen molar-refractivity contribution >= 4 is 17.7 Å². The van der Waals surface area contributed by atoms with Crippen LogP contribution < -0.4 is 5.32 Å². The van der Waals surface area contributed by atoms with E-state index in [9.17, 15) is 4.79 Å². The number of aliphatic hydroxyl groups is 1. The molecule has 1 saturated heterocycles. The summed E-state index contributed by atoms with van der Waals surface area (Å²) in [4.78, 5) is 11.8. The van der Waals surface area contributed by atoms with E-state index < -0.39 is 0 Å². The van der Waals surface area contributed by atoms with Gasteiger partial charge in [-0.3, -0.25) is 4.79 Å². The summed E-state index contributed by atoms with van der Waals surface area (Å²) in [7, 11) is 0. The number of thioether (sulfide) groups is 1. The summed E-state index contributed by atoms with van der Waals surface area (Å²) in [6.07, 6.45) is 3.35. The fourth-order valence-corrected chi connectivity index (χ4v) is 2.85. The molecule has 0 radical (unpaired) electrons. The van der Waals surface area contributed by atoms with Crippen LogP contribution in [-0.2, 0) is 4.79 Å². The average molecular weight is 231 g/mol. The maximum absolute atomic E-state index is 11.8. The maximum Gasteiger partial charge on any atom is 0.233 e. The Morgan fingerprint density at radius 3 is 2.73 bits per heavy atom. The zero-order valence-corrected chi connectivity index (χ0v) is 10.3. The van der Waals surface area contributed by atoms with Crippen LogP contribution in [0.2, 0.25) is 0 Å². The molecule has 0 saturated carbocycles. The summed E-state index contributed by atoms with van der Waals surface area (Å²) < 4.78 is 0. The number of amides is 1. The predicted molar refractivity (Wildman–Crippen MR) is 64.0 cm³/mol. The van der Waals surface area contributed by atoms with Crippen LogP contribution in [0.25, 0.3) is 0 Å². The lowest BCUT2D eigenvalue weighted by atomic mass is 10.0. The molecule has 0 aliphatic carbocycles. The molecule has 15 heavy (non-hydrogen) atoms. The molecule has 0 aromatic carbocycles.